The van der Waals surface area contributed by atoms with Gasteiger partial charge in [-0.25, -0.2) is 0 Å². The smallest absolute Gasteiger partial charge is 0.0319 e. The van der Waals surface area contributed by atoms with E-state index in [9.17, 15) is 0 Å². The first-order valence-corrected chi connectivity index (χ1v) is 5.93. The molecule has 1 atom stereocenters. The third-order valence-electron chi connectivity index (χ3n) is 2.33. The molecular weight excluding hydrogens is 206 g/mol. The number of rotatable bonds is 5. The summed E-state index contributed by atoms with van der Waals surface area (Å²) in [7, 11) is 0. The summed E-state index contributed by atoms with van der Waals surface area (Å²) in [5.74, 6) is 0. The van der Waals surface area contributed by atoms with Crippen LogP contribution in [0.1, 0.15) is 30.0 Å². The summed E-state index contributed by atoms with van der Waals surface area (Å²) in [6.45, 7) is 8.22. The van der Waals surface area contributed by atoms with Gasteiger partial charge in [-0.1, -0.05) is 29.3 Å². The van der Waals surface area contributed by atoms with Crippen LogP contribution >= 0.6 is 11.6 Å². The molecule has 0 bridgehead atoms. The predicted molar refractivity (Wildman–Crippen MR) is 67.6 cm³/mol. The van der Waals surface area contributed by atoms with Crippen LogP contribution in [0.3, 0.4) is 0 Å². The van der Waals surface area contributed by atoms with E-state index in [-0.39, 0.29) is 5.38 Å². The number of aryl methyl sites for hydroxylation is 2. The van der Waals surface area contributed by atoms with Gasteiger partial charge in [-0.15, -0.1) is 11.6 Å². The van der Waals surface area contributed by atoms with Gasteiger partial charge in [0, 0.05) is 11.9 Å². The van der Waals surface area contributed by atoms with E-state index < -0.39 is 0 Å². The summed E-state index contributed by atoms with van der Waals surface area (Å²) in [5.41, 5.74) is 4.02. The first-order chi connectivity index (χ1) is 7.08. The Hall–Kier alpha value is -0.530. The Bertz CT molecular complexity index is 287. The fourth-order valence-corrected chi connectivity index (χ4v) is 1.81. The van der Waals surface area contributed by atoms with Crippen molar-refractivity contribution in [1.82, 2.24) is 5.32 Å². The molecule has 1 nitrogen and oxygen atoms in total. The standard InChI is InChI=1S/C13H20ClN/c1-10-6-11(2)8-13(7-10)9-15-5-4-12(3)14/h6-8,12,15H,4-5,9H2,1-3H3. The molecule has 0 aromatic heterocycles. The number of halogens is 1. The third kappa shape index (κ3) is 5.19. The molecule has 0 aliphatic carbocycles. The summed E-state index contributed by atoms with van der Waals surface area (Å²) < 4.78 is 0. The van der Waals surface area contributed by atoms with Gasteiger partial charge < -0.3 is 5.32 Å². The minimum Gasteiger partial charge on any atom is -0.313 e. The molecule has 0 amide bonds. The van der Waals surface area contributed by atoms with E-state index in [1.807, 2.05) is 6.92 Å². The second-order valence-electron chi connectivity index (χ2n) is 4.24. The molecule has 1 aromatic carbocycles. The lowest BCUT2D eigenvalue weighted by Crippen LogP contribution is -2.17. The second kappa shape index (κ2) is 6.14. The van der Waals surface area contributed by atoms with Gasteiger partial charge in [-0.05, 0) is 39.3 Å². The van der Waals surface area contributed by atoms with Gasteiger partial charge in [-0.2, -0.15) is 0 Å². The van der Waals surface area contributed by atoms with Crippen molar-refractivity contribution >= 4 is 11.6 Å². The van der Waals surface area contributed by atoms with E-state index in [2.05, 4.69) is 37.4 Å². The van der Waals surface area contributed by atoms with Crippen LogP contribution in [0.2, 0.25) is 0 Å². The zero-order valence-electron chi connectivity index (χ0n) is 9.81. The summed E-state index contributed by atoms with van der Waals surface area (Å²) in [6.07, 6.45) is 1.02. The van der Waals surface area contributed by atoms with Gasteiger partial charge in [0.25, 0.3) is 0 Å². The zero-order valence-corrected chi connectivity index (χ0v) is 10.6. The number of hydrogen-bond acceptors (Lipinski definition) is 1. The van der Waals surface area contributed by atoms with Gasteiger partial charge in [-0.3, -0.25) is 0 Å². The first-order valence-electron chi connectivity index (χ1n) is 5.50. The van der Waals surface area contributed by atoms with Crippen molar-refractivity contribution < 1.29 is 0 Å². The van der Waals surface area contributed by atoms with Crippen molar-refractivity contribution in [2.75, 3.05) is 6.54 Å². The van der Waals surface area contributed by atoms with E-state index in [4.69, 9.17) is 11.6 Å². The highest BCUT2D eigenvalue weighted by Gasteiger charge is 1.97. The molecule has 1 unspecified atom stereocenters. The normalized spacial score (nSPS) is 12.8. The Morgan fingerprint density at radius 1 is 1.20 bits per heavy atom. The summed E-state index contributed by atoms with van der Waals surface area (Å²) in [4.78, 5) is 0. The third-order valence-corrected chi connectivity index (χ3v) is 2.55. The van der Waals surface area contributed by atoms with Crippen LogP contribution in [-0.2, 0) is 6.54 Å². The Kier molecular flexibility index (Phi) is 5.13. The van der Waals surface area contributed by atoms with Crippen LogP contribution in [0.4, 0.5) is 0 Å². The second-order valence-corrected chi connectivity index (χ2v) is 4.99. The molecule has 1 rings (SSSR count). The van der Waals surface area contributed by atoms with Crippen molar-refractivity contribution in [2.45, 2.75) is 39.1 Å². The average Bonchev–Trinajstić information content (AvgIpc) is 2.10. The molecule has 0 aliphatic rings. The molecule has 0 heterocycles. The van der Waals surface area contributed by atoms with E-state index in [1.165, 1.54) is 16.7 Å². The van der Waals surface area contributed by atoms with Gasteiger partial charge in [0.1, 0.15) is 0 Å². The van der Waals surface area contributed by atoms with E-state index in [0.717, 1.165) is 19.5 Å². The molecular formula is C13H20ClN. The van der Waals surface area contributed by atoms with Crippen LogP contribution in [-0.4, -0.2) is 11.9 Å². The number of benzene rings is 1. The lowest BCUT2D eigenvalue weighted by atomic mass is 10.1. The number of alkyl halides is 1. The van der Waals surface area contributed by atoms with Crippen molar-refractivity contribution in [3.63, 3.8) is 0 Å². The Labute approximate surface area is 97.8 Å². The molecule has 1 N–H and O–H groups in total. The number of hydrogen-bond donors (Lipinski definition) is 1. The molecule has 0 radical (unpaired) electrons. The number of nitrogens with one attached hydrogen (secondary N) is 1. The van der Waals surface area contributed by atoms with E-state index in [1.54, 1.807) is 0 Å². The maximum Gasteiger partial charge on any atom is 0.0319 e. The first kappa shape index (κ1) is 12.5. The Morgan fingerprint density at radius 2 is 1.80 bits per heavy atom. The highest BCUT2D eigenvalue weighted by molar-refractivity contribution is 6.20. The average molecular weight is 226 g/mol. The largest absolute Gasteiger partial charge is 0.313 e. The fourth-order valence-electron chi connectivity index (χ4n) is 1.70. The topological polar surface area (TPSA) is 12.0 Å². The highest BCUT2D eigenvalue weighted by atomic mass is 35.5. The van der Waals surface area contributed by atoms with Gasteiger partial charge in [0.05, 0.1) is 0 Å². The Morgan fingerprint density at radius 3 is 2.33 bits per heavy atom. The molecule has 15 heavy (non-hydrogen) atoms. The summed E-state index contributed by atoms with van der Waals surface area (Å²) >= 11 is 5.87. The van der Waals surface area contributed by atoms with Crippen LogP contribution in [0, 0.1) is 13.8 Å². The zero-order chi connectivity index (χ0) is 11.3. The minimum absolute atomic E-state index is 0.261. The van der Waals surface area contributed by atoms with Gasteiger partial charge in [0.15, 0.2) is 0 Å². The van der Waals surface area contributed by atoms with Crippen molar-refractivity contribution in [1.29, 1.82) is 0 Å². The molecule has 0 fully saturated rings. The SMILES string of the molecule is Cc1cc(C)cc(CNCCC(C)Cl)c1. The molecule has 0 saturated carbocycles. The predicted octanol–water partition coefficient (Wildman–Crippen LogP) is 3.41. The van der Waals surface area contributed by atoms with Crippen LogP contribution in [0.25, 0.3) is 0 Å². The van der Waals surface area contributed by atoms with Crippen LogP contribution in [0.15, 0.2) is 18.2 Å². The van der Waals surface area contributed by atoms with Crippen molar-refractivity contribution in [3.05, 3.63) is 34.9 Å². The lowest BCUT2D eigenvalue weighted by Gasteiger charge is -2.07. The quantitative estimate of drug-likeness (QED) is 0.598. The van der Waals surface area contributed by atoms with Crippen LogP contribution < -0.4 is 5.32 Å². The summed E-state index contributed by atoms with van der Waals surface area (Å²) in [5, 5.41) is 3.66. The van der Waals surface area contributed by atoms with E-state index in [0.29, 0.717) is 0 Å². The molecule has 0 spiro atoms. The Balaban J connectivity index is 2.37. The monoisotopic (exact) mass is 225 g/mol. The fraction of sp³-hybridized carbons (Fsp3) is 0.538. The molecule has 2 heteroatoms. The highest BCUT2D eigenvalue weighted by Crippen LogP contribution is 2.08. The molecule has 0 saturated heterocycles. The van der Waals surface area contributed by atoms with Gasteiger partial charge >= 0.3 is 0 Å². The lowest BCUT2D eigenvalue weighted by molar-refractivity contribution is 0.644. The summed E-state index contributed by atoms with van der Waals surface area (Å²) in [6, 6.07) is 6.65. The van der Waals surface area contributed by atoms with Crippen molar-refractivity contribution in [2.24, 2.45) is 0 Å². The molecule has 84 valence electrons. The van der Waals surface area contributed by atoms with Gasteiger partial charge in [0.2, 0.25) is 0 Å². The molecule has 1 aromatic rings. The maximum atomic E-state index is 5.87. The van der Waals surface area contributed by atoms with Crippen LogP contribution in [0.5, 0.6) is 0 Å². The van der Waals surface area contributed by atoms with Crippen molar-refractivity contribution in [3.8, 4) is 0 Å². The molecule has 0 aliphatic heterocycles. The maximum absolute atomic E-state index is 5.87. The minimum atomic E-state index is 0.261. The van der Waals surface area contributed by atoms with E-state index >= 15 is 0 Å².